The molecule has 0 aliphatic carbocycles. The van der Waals surface area contributed by atoms with E-state index in [1.165, 1.54) is 11.4 Å². The SMILES string of the molecule is O=C(NCCCO)c1sccc1OC(F)F. The van der Waals surface area contributed by atoms with Crippen molar-refractivity contribution in [2.75, 3.05) is 13.2 Å². The number of amides is 1. The van der Waals surface area contributed by atoms with Crippen LogP contribution < -0.4 is 10.1 Å². The Labute approximate surface area is 94.8 Å². The summed E-state index contributed by atoms with van der Waals surface area (Å²) in [5, 5.41) is 12.5. The Morgan fingerprint density at radius 1 is 1.62 bits per heavy atom. The summed E-state index contributed by atoms with van der Waals surface area (Å²) in [6.45, 7) is -2.69. The van der Waals surface area contributed by atoms with Crippen molar-refractivity contribution in [3.8, 4) is 5.75 Å². The van der Waals surface area contributed by atoms with Crippen LogP contribution in [0.3, 0.4) is 0 Å². The summed E-state index contributed by atoms with van der Waals surface area (Å²) in [7, 11) is 0. The molecule has 1 aromatic heterocycles. The zero-order valence-electron chi connectivity index (χ0n) is 8.28. The van der Waals surface area contributed by atoms with Gasteiger partial charge < -0.3 is 15.2 Å². The predicted octanol–water partition coefficient (Wildman–Crippen LogP) is 1.46. The van der Waals surface area contributed by atoms with Gasteiger partial charge in [0.2, 0.25) is 0 Å². The van der Waals surface area contributed by atoms with E-state index in [0.29, 0.717) is 13.0 Å². The van der Waals surface area contributed by atoms with Crippen molar-refractivity contribution in [2.24, 2.45) is 0 Å². The van der Waals surface area contributed by atoms with Crippen LogP contribution in [0.15, 0.2) is 11.4 Å². The van der Waals surface area contributed by atoms with Gasteiger partial charge in [0.05, 0.1) is 0 Å². The van der Waals surface area contributed by atoms with Gasteiger partial charge >= 0.3 is 6.61 Å². The smallest absolute Gasteiger partial charge is 0.387 e. The minimum absolute atomic E-state index is 0.0366. The molecule has 0 aliphatic heterocycles. The third-order valence-corrected chi connectivity index (χ3v) is 2.57. The van der Waals surface area contributed by atoms with Crippen LogP contribution in [0.5, 0.6) is 5.75 Å². The van der Waals surface area contributed by atoms with E-state index in [4.69, 9.17) is 5.11 Å². The molecule has 4 nitrogen and oxygen atoms in total. The molecule has 0 bridgehead atoms. The van der Waals surface area contributed by atoms with E-state index in [-0.39, 0.29) is 17.2 Å². The molecule has 1 aromatic rings. The Balaban J connectivity index is 2.57. The number of hydrogen-bond donors (Lipinski definition) is 2. The van der Waals surface area contributed by atoms with E-state index < -0.39 is 12.5 Å². The quantitative estimate of drug-likeness (QED) is 0.752. The van der Waals surface area contributed by atoms with E-state index >= 15 is 0 Å². The van der Waals surface area contributed by atoms with Crippen molar-refractivity contribution in [2.45, 2.75) is 13.0 Å². The highest BCUT2D eigenvalue weighted by molar-refractivity contribution is 7.12. The number of halogens is 2. The monoisotopic (exact) mass is 251 g/mol. The van der Waals surface area contributed by atoms with Crippen LogP contribution in [0.1, 0.15) is 16.1 Å². The Kier molecular flexibility index (Phi) is 5.13. The minimum atomic E-state index is -2.95. The van der Waals surface area contributed by atoms with Gasteiger partial charge in [-0.3, -0.25) is 4.79 Å². The number of rotatable bonds is 6. The fourth-order valence-corrected chi connectivity index (χ4v) is 1.75. The van der Waals surface area contributed by atoms with E-state index in [1.807, 2.05) is 0 Å². The van der Waals surface area contributed by atoms with E-state index in [9.17, 15) is 13.6 Å². The molecule has 0 saturated carbocycles. The Hall–Kier alpha value is -1.21. The molecule has 0 aliphatic rings. The van der Waals surface area contributed by atoms with Crippen LogP contribution in [-0.4, -0.2) is 30.8 Å². The van der Waals surface area contributed by atoms with Crippen molar-refractivity contribution < 1.29 is 23.4 Å². The summed E-state index contributed by atoms with van der Waals surface area (Å²) >= 11 is 1.02. The molecule has 0 fully saturated rings. The number of alkyl halides is 2. The number of aliphatic hydroxyl groups is 1. The number of carbonyl (C=O) groups excluding carboxylic acids is 1. The molecule has 7 heteroatoms. The van der Waals surface area contributed by atoms with Gasteiger partial charge in [0.25, 0.3) is 5.91 Å². The van der Waals surface area contributed by atoms with Crippen LogP contribution in [-0.2, 0) is 0 Å². The first-order valence-corrected chi connectivity index (χ1v) is 5.44. The second kappa shape index (κ2) is 6.39. The second-order valence-corrected chi connectivity index (χ2v) is 3.74. The maximum absolute atomic E-state index is 12.0. The van der Waals surface area contributed by atoms with Gasteiger partial charge in [-0.15, -0.1) is 11.3 Å². The van der Waals surface area contributed by atoms with Gasteiger partial charge in [0, 0.05) is 13.2 Å². The third-order valence-electron chi connectivity index (χ3n) is 1.67. The normalized spacial score (nSPS) is 10.5. The maximum Gasteiger partial charge on any atom is 0.387 e. The molecule has 16 heavy (non-hydrogen) atoms. The molecule has 1 amide bonds. The average molecular weight is 251 g/mol. The first-order chi connectivity index (χ1) is 7.65. The molecule has 1 rings (SSSR count). The largest absolute Gasteiger partial charge is 0.433 e. The molecule has 0 spiro atoms. The van der Waals surface area contributed by atoms with Crippen molar-refractivity contribution >= 4 is 17.2 Å². The molecule has 0 aromatic carbocycles. The Bertz CT molecular complexity index is 343. The zero-order valence-corrected chi connectivity index (χ0v) is 9.10. The fourth-order valence-electron chi connectivity index (χ4n) is 1.01. The van der Waals surface area contributed by atoms with Crippen molar-refractivity contribution in [1.82, 2.24) is 5.32 Å². The highest BCUT2D eigenvalue weighted by atomic mass is 32.1. The standard InChI is InChI=1S/C9H11F2NO3S/c10-9(11)15-6-2-5-16-7(6)8(14)12-3-1-4-13/h2,5,9,13H,1,3-4H2,(H,12,14). The minimum Gasteiger partial charge on any atom is -0.433 e. The summed E-state index contributed by atoms with van der Waals surface area (Å²) in [4.78, 5) is 11.6. The lowest BCUT2D eigenvalue weighted by Gasteiger charge is -2.06. The fraction of sp³-hybridized carbons (Fsp3) is 0.444. The number of thiophene rings is 1. The molecule has 0 radical (unpaired) electrons. The average Bonchev–Trinajstić information content (AvgIpc) is 2.65. The molecule has 2 N–H and O–H groups in total. The molecule has 90 valence electrons. The van der Waals surface area contributed by atoms with E-state index in [2.05, 4.69) is 10.1 Å². The van der Waals surface area contributed by atoms with Crippen molar-refractivity contribution in [3.05, 3.63) is 16.3 Å². The number of nitrogens with one attached hydrogen (secondary N) is 1. The highest BCUT2D eigenvalue weighted by Crippen LogP contribution is 2.26. The number of ether oxygens (including phenoxy) is 1. The first-order valence-electron chi connectivity index (χ1n) is 4.56. The Morgan fingerprint density at radius 3 is 3.00 bits per heavy atom. The molecule has 1 heterocycles. The summed E-state index contributed by atoms with van der Waals surface area (Å²) in [5.41, 5.74) is 0. The van der Waals surface area contributed by atoms with E-state index in [0.717, 1.165) is 11.3 Å². The lowest BCUT2D eigenvalue weighted by atomic mass is 10.4. The highest BCUT2D eigenvalue weighted by Gasteiger charge is 2.16. The van der Waals surface area contributed by atoms with Gasteiger partial charge in [-0.1, -0.05) is 0 Å². The summed E-state index contributed by atoms with van der Waals surface area (Å²) in [6, 6.07) is 1.32. The van der Waals surface area contributed by atoms with Gasteiger partial charge in [-0.05, 0) is 17.9 Å². The second-order valence-electron chi connectivity index (χ2n) is 2.83. The summed E-state index contributed by atoms with van der Waals surface area (Å²) in [5.74, 6) is -0.597. The van der Waals surface area contributed by atoms with Crippen LogP contribution in [0.25, 0.3) is 0 Å². The summed E-state index contributed by atoms with van der Waals surface area (Å²) in [6.07, 6.45) is 0.419. The third kappa shape index (κ3) is 3.74. The number of hydrogen-bond acceptors (Lipinski definition) is 4. The zero-order chi connectivity index (χ0) is 12.0. The van der Waals surface area contributed by atoms with Crippen LogP contribution >= 0.6 is 11.3 Å². The maximum atomic E-state index is 12.0. The van der Waals surface area contributed by atoms with Crippen molar-refractivity contribution in [3.63, 3.8) is 0 Å². The van der Waals surface area contributed by atoms with Gasteiger partial charge in [0.15, 0.2) is 0 Å². The molecule has 0 unspecified atom stereocenters. The van der Waals surface area contributed by atoms with Crippen LogP contribution in [0, 0.1) is 0 Å². The molecule has 0 saturated heterocycles. The number of carbonyl (C=O) groups is 1. The lowest BCUT2D eigenvalue weighted by molar-refractivity contribution is -0.0498. The molecular weight excluding hydrogens is 240 g/mol. The van der Waals surface area contributed by atoms with E-state index in [1.54, 1.807) is 0 Å². The van der Waals surface area contributed by atoms with Crippen LogP contribution in [0.4, 0.5) is 8.78 Å². The molecular formula is C9H11F2NO3S. The van der Waals surface area contributed by atoms with Gasteiger partial charge in [0.1, 0.15) is 10.6 Å². The van der Waals surface area contributed by atoms with Gasteiger partial charge in [-0.2, -0.15) is 8.78 Å². The topological polar surface area (TPSA) is 58.6 Å². The lowest BCUT2D eigenvalue weighted by Crippen LogP contribution is -2.24. The first kappa shape index (κ1) is 12.9. The predicted molar refractivity (Wildman–Crippen MR) is 55.0 cm³/mol. The van der Waals surface area contributed by atoms with Crippen molar-refractivity contribution in [1.29, 1.82) is 0 Å². The number of aliphatic hydroxyl groups excluding tert-OH is 1. The summed E-state index contributed by atoms with van der Waals surface area (Å²) < 4.78 is 28.1. The van der Waals surface area contributed by atoms with Gasteiger partial charge in [-0.25, -0.2) is 0 Å². The van der Waals surface area contributed by atoms with Crippen LogP contribution in [0.2, 0.25) is 0 Å². The Morgan fingerprint density at radius 2 is 2.38 bits per heavy atom. The molecule has 0 atom stereocenters.